The van der Waals surface area contributed by atoms with E-state index in [0.717, 1.165) is 16.5 Å². The Kier molecular flexibility index (Phi) is 4.96. The number of para-hydroxylation sites is 1. The van der Waals surface area contributed by atoms with Gasteiger partial charge in [0.05, 0.1) is 0 Å². The van der Waals surface area contributed by atoms with Gasteiger partial charge in [0.15, 0.2) is 0 Å². The molecule has 0 fully saturated rings. The summed E-state index contributed by atoms with van der Waals surface area (Å²) in [4.78, 5) is 0. The van der Waals surface area contributed by atoms with Gasteiger partial charge in [0, 0.05) is 0 Å². The Morgan fingerprint density at radius 3 is 2.95 bits per heavy atom. The second-order valence-corrected chi connectivity index (χ2v) is 4.47. The summed E-state index contributed by atoms with van der Waals surface area (Å²) < 4.78 is 13.1. The molecule has 0 bridgehead atoms. The average molecular weight is 293 g/mol. The van der Waals surface area contributed by atoms with Gasteiger partial charge in [-0.15, -0.1) is 0 Å². The Hall–Kier alpha value is -1.36. The minimum atomic E-state index is 0.539. The van der Waals surface area contributed by atoms with Gasteiger partial charge >= 0.3 is 121 Å². The van der Waals surface area contributed by atoms with Crippen molar-refractivity contribution in [2.24, 2.45) is 0 Å². The number of hydrogen-bond donors (Lipinski definition) is 0. The van der Waals surface area contributed by atoms with E-state index in [2.05, 4.69) is 44.4 Å². The van der Waals surface area contributed by atoms with Gasteiger partial charge in [-0.2, -0.15) is 0 Å². The van der Waals surface area contributed by atoms with Crippen LogP contribution in [0.3, 0.4) is 0 Å². The number of ether oxygens (including phenoxy) is 2. The molecule has 0 N–H and O–H groups in total. The number of fused-ring (bicyclic) bond motifs is 1. The molecule has 1 aromatic heterocycles. The third-order valence-corrected chi connectivity index (χ3v) is 3.13. The first kappa shape index (κ1) is 14.1. The number of benzene rings is 1. The van der Waals surface area contributed by atoms with Gasteiger partial charge in [0.2, 0.25) is 0 Å². The van der Waals surface area contributed by atoms with Crippen LogP contribution in [0.25, 0.3) is 10.9 Å². The van der Waals surface area contributed by atoms with Crippen molar-refractivity contribution in [2.45, 2.75) is 13.7 Å². The van der Waals surface area contributed by atoms with E-state index in [0.29, 0.717) is 17.9 Å². The van der Waals surface area contributed by atoms with E-state index in [1.54, 1.807) is 7.11 Å². The molecule has 2 rings (SSSR count). The molecule has 98 valence electrons. The molecule has 4 heteroatoms. The molecule has 0 aliphatic rings. The summed E-state index contributed by atoms with van der Waals surface area (Å²) in [7, 11) is 1.60. The molecule has 1 aromatic carbocycles. The maximum atomic E-state index is 5.47. The Bertz CT molecular complexity index is 649. The van der Waals surface area contributed by atoms with E-state index >= 15 is 0 Å². The summed E-state index contributed by atoms with van der Waals surface area (Å²) in [5.41, 5.74) is 2.05. The molecule has 0 spiro atoms. The van der Waals surface area contributed by atoms with Crippen LogP contribution in [0.5, 0.6) is 0 Å². The van der Waals surface area contributed by atoms with Crippen molar-refractivity contribution in [3.8, 4) is 11.8 Å². The molecule has 0 saturated heterocycles. The van der Waals surface area contributed by atoms with Gasteiger partial charge in [-0.3, -0.25) is 0 Å². The summed E-state index contributed by atoms with van der Waals surface area (Å²) in [6.45, 7) is 3.22. The zero-order valence-electron chi connectivity index (χ0n) is 11.0. The first-order valence-corrected chi connectivity index (χ1v) is 6.65. The number of methoxy groups -OCH3 is 1. The van der Waals surface area contributed by atoms with E-state index < -0.39 is 0 Å². The Labute approximate surface area is 121 Å². The van der Waals surface area contributed by atoms with E-state index in [-0.39, 0.29) is 0 Å². The molecule has 0 atom stereocenters. The zero-order valence-corrected chi connectivity index (χ0v) is 12.2. The standard InChI is InChI=1S/C15H15NO2.Cr/c1-3-18-12-16-10-9-14-7-4-6-13(15(14)16)8-5-11-17-2;/h4,6-7,9-10H,3,12H2,1-2H3;. The summed E-state index contributed by atoms with van der Waals surface area (Å²) >= 11 is 2.78. The second-order valence-electron chi connectivity index (χ2n) is 3.89. The fraction of sp³-hybridized carbons (Fsp3) is 0.267. The fourth-order valence-electron chi connectivity index (χ4n) is 1.83. The van der Waals surface area contributed by atoms with Crippen LogP contribution in [-0.4, -0.2) is 22.8 Å². The molecule has 0 unspecified atom stereocenters. The van der Waals surface area contributed by atoms with Crippen molar-refractivity contribution in [2.75, 3.05) is 13.7 Å². The molecule has 3 nitrogen and oxygen atoms in total. The monoisotopic (exact) mass is 293 g/mol. The van der Waals surface area contributed by atoms with Gasteiger partial charge in [-0.05, 0) is 0 Å². The van der Waals surface area contributed by atoms with Gasteiger partial charge < -0.3 is 0 Å². The first-order valence-electron chi connectivity index (χ1n) is 6.02. The van der Waals surface area contributed by atoms with Gasteiger partial charge in [-0.25, -0.2) is 0 Å². The van der Waals surface area contributed by atoms with Crippen LogP contribution in [-0.2, 0) is 32.1 Å². The molecule has 19 heavy (non-hydrogen) atoms. The molecular weight excluding hydrogens is 278 g/mol. The maximum absolute atomic E-state index is 5.47. The molecule has 1 heterocycles. The third kappa shape index (κ3) is 3.35. The Morgan fingerprint density at radius 2 is 2.21 bits per heavy atom. The van der Waals surface area contributed by atoms with Crippen LogP contribution < -0.4 is 0 Å². The van der Waals surface area contributed by atoms with Crippen LogP contribution in [0.15, 0.2) is 30.5 Å². The quantitative estimate of drug-likeness (QED) is 0.808. The van der Waals surface area contributed by atoms with E-state index in [1.807, 2.05) is 25.3 Å². The number of rotatable bonds is 4. The summed E-state index contributed by atoms with van der Waals surface area (Å²) in [5.74, 6) is 6.07. The predicted molar refractivity (Wildman–Crippen MR) is 72.5 cm³/mol. The van der Waals surface area contributed by atoms with E-state index in [4.69, 9.17) is 9.47 Å². The summed E-state index contributed by atoms with van der Waals surface area (Å²) in [6, 6.07) is 8.14. The van der Waals surface area contributed by atoms with Gasteiger partial charge in [-0.1, -0.05) is 0 Å². The predicted octanol–water partition coefficient (Wildman–Crippen LogP) is 2.31. The topological polar surface area (TPSA) is 23.4 Å². The molecule has 0 radical (unpaired) electrons. The van der Waals surface area contributed by atoms with E-state index in [9.17, 15) is 0 Å². The Balaban J connectivity index is 2.44. The first-order chi connectivity index (χ1) is 9.26. The van der Waals surface area contributed by atoms with Crippen molar-refractivity contribution >= 4 is 15.5 Å². The van der Waals surface area contributed by atoms with Crippen molar-refractivity contribution in [1.82, 2.24) is 4.57 Å². The van der Waals surface area contributed by atoms with Crippen molar-refractivity contribution < 1.29 is 25.3 Å². The number of hydrogen-bond acceptors (Lipinski definition) is 2. The van der Waals surface area contributed by atoms with Gasteiger partial charge in [0.25, 0.3) is 0 Å². The normalized spacial score (nSPS) is 10.2. The van der Waals surface area contributed by atoms with E-state index in [1.165, 1.54) is 0 Å². The minimum absolute atomic E-state index is 0.539. The van der Waals surface area contributed by atoms with Crippen molar-refractivity contribution in [3.63, 3.8) is 0 Å². The fourth-order valence-corrected chi connectivity index (χ4v) is 1.91. The zero-order chi connectivity index (χ0) is 13.7. The summed E-state index contributed by atoms with van der Waals surface area (Å²) in [6.07, 6.45) is 2.02. The van der Waals surface area contributed by atoms with Crippen molar-refractivity contribution in [1.29, 1.82) is 0 Å². The number of nitrogens with zero attached hydrogens (tertiary/aromatic N) is 1. The second kappa shape index (κ2) is 6.71. The SMILES string of the molecule is CCOCn1ccc2cccc(C#C[C](=[Cr])OC)c21. The Morgan fingerprint density at radius 1 is 1.37 bits per heavy atom. The molecule has 0 amide bonds. The third-order valence-electron chi connectivity index (χ3n) is 2.71. The molecule has 2 aromatic rings. The number of aromatic nitrogens is 1. The molecular formula is C15H15CrNO2. The molecule has 0 aliphatic heterocycles. The van der Waals surface area contributed by atoms with Crippen LogP contribution >= 0.6 is 0 Å². The van der Waals surface area contributed by atoms with Crippen molar-refractivity contribution in [3.05, 3.63) is 36.0 Å². The summed E-state index contributed by atoms with van der Waals surface area (Å²) in [5, 5.41) is 1.16. The average Bonchev–Trinajstić information content (AvgIpc) is 2.86. The van der Waals surface area contributed by atoms with Gasteiger partial charge in [0.1, 0.15) is 0 Å². The van der Waals surface area contributed by atoms with Crippen LogP contribution in [0, 0.1) is 11.8 Å². The van der Waals surface area contributed by atoms with Crippen LogP contribution in [0.2, 0.25) is 0 Å². The molecule has 0 saturated carbocycles. The van der Waals surface area contributed by atoms with Crippen LogP contribution in [0.4, 0.5) is 0 Å². The van der Waals surface area contributed by atoms with Crippen LogP contribution in [0.1, 0.15) is 12.5 Å². The molecule has 0 aliphatic carbocycles.